The lowest BCUT2D eigenvalue weighted by Gasteiger charge is -2.21. The van der Waals surface area contributed by atoms with Crippen LogP contribution in [0.15, 0.2) is 35.7 Å². The number of nitrogen functional groups attached to an aromatic ring is 1. The zero-order chi connectivity index (χ0) is 24.4. The largest absolute Gasteiger partial charge is 0.480 e. The molecule has 0 aliphatic carbocycles. The maximum Gasteiger partial charge on any atom is 0.425 e. The number of hydrogen-bond donors (Lipinski definition) is 4. The van der Waals surface area contributed by atoms with Gasteiger partial charge in [-0.05, 0) is 38.1 Å². The number of anilines is 1. The summed E-state index contributed by atoms with van der Waals surface area (Å²) in [4.78, 5) is 16.6. The summed E-state index contributed by atoms with van der Waals surface area (Å²) in [5, 5.41) is 9.07. The van der Waals surface area contributed by atoms with Gasteiger partial charge in [0.2, 0.25) is 0 Å². The highest BCUT2D eigenvalue weighted by molar-refractivity contribution is 6.68. The van der Waals surface area contributed by atoms with Gasteiger partial charge in [-0.3, -0.25) is 10.2 Å². The summed E-state index contributed by atoms with van der Waals surface area (Å²) in [6, 6.07) is 4.05. The van der Waals surface area contributed by atoms with E-state index >= 15 is 0 Å². The number of ether oxygens (including phenoxy) is 1. The van der Waals surface area contributed by atoms with Crippen LogP contribution in [0.1, 0.15) is 24.2 Å². The molecule has 32 heavy (non-hydrogen) atoms. The number of carbonyl (C=O) groups excluding carboxylic acids is 1. The Bertz CT molecular complexity index is 1080. The van der Waals surface area contributed by atoms with Crippen molar-refractivity contribution in [3.63, 3.8) is 0 Å². The molecule has 172 valence electrons. The van der Waals surface area contributed by atoms with E-state index in [4.69, 9.17) is 44.8 Å². The lowest BCUT2D eigenvalue weighted by atomic mass is 10.0. The second-order valence-electron chi connectivity index (χ2n) is 6.55. The maximum absolute atomic E-state index is 14.9. The highest BCUT2D eigenvalue weighted by atomic mass is 35.5. The van der Waals surface area contributed by atoms with E-state index in [1.165, 1.54) is 19.1 Å². The standard InChI is InChI=1S/C19H17Cl2F4N5O2/c1-7(26)16(17(21)28)30-18(31)11-5-12(22)10(13-3-9(20)4-15(27)29-13)6-14(11)32-8(2)19(23,24)25/h3-6,8,28H,26H2,1-2H3,(H2,27,29)(H,30,31)/b16-7+,28-17?/t8-/m0/s1. The molecule has 6 N–H and O–H groups in total. The molecule has 0 spiro atoms. The minimum Gasteiger partial charge on any atom is -0.480 e. The predicted octanol–water partition coefficient (Wildman–Crippen LogP) is 4.59. The molecule has 7 nitrogen and oxygen atoms in total. The van der Waals surface area contributed by atoms with Crippen molar-refractivity contribution in [2.75, 3.05) is 5.73 Å². The van der Waals surface area contributed by atoms with Gasteiger partial charge in [0.05, 0.1) is 17.0 Å². The second kappa shape index (κ2) is 9.61. The number of nitrogens with one attached hydrogen (secondary N) is 2. The first-order valence-corrected chi connectivity index (χ1v) is 9.48. The average Bonchev–Trinajstić information content (AvgIpc) is 2.64. The summed E-state index contributed by atoms with van der Waals surface area (Å²) in [6.45, 7) is 2.04. The van der Waals surface area contributed by atoms with E-state index in [9.17, 15) is 22.4 Å². The van der Waals surface area contributed by atoms with Crippen molar-refractivity contribution in [1.82, 2.24) is 10.3 Å². The Kier molecular flexibility index (Phi) is 7.58. The topological polar surface area (TPSA) is 127 Å². The number of benzene rings is 1. The molecule has 2 aromatic rings. The first-order chi connectivity index (χ1) is 14.7. The van der Waals surface area contributed by atoms with Crippen molar-refractivity contribution < 1.29 is 27.1 Å². The minimum atomic E-state index is -4.78. The Hall–Kier alpha value is -3.05. The summed E-state index contributed by atoms with van der Waals surface area (Å²) in [5.74, 6) is -2.80. The highest BCUT2D eigenvalue weighted by Gasteiger charge is 2.39. The lowest BCUT2D eigenvalue weighted by molar-refractivity contribution is -0.189. The van der Waals surface area contributed by atoms with Gasteiger partial charge >= 0.3 is 6.18 Å². The summed E-state index contributed by atoms with van der Waals surface area (Å²) in [6.07, 6.45) is -7.12. The third-order valence-corrected chi connectivity index (χ3v) is 4.42. The molecule has 0 saturated carbocycles. The van der Waals surface area contributed by atoms with Crippen LogP contribution < -0.4 is 21.5 Å². The second-order valence-corrected chi connectivity index (χ2v) is 7.37. The first kappa shape index (κ1) is 25.2. The van der Waals surface area contributed by atoms with E-state index in [0.29, 0.717) is 13.0 Å². The van der Waals surface area contributed by atoms with Crippen LogP contribution in [0.5, 0.6) is 5.75 Å². The molecule has 1 heterocycles. The number of halogens is 6. The van der Waals surface area contributed by atoms with Crippen LogP contribution in [0.4, 0.5) is 23.4 Å². The van der Waals surface area contributed by atoms with Crippen molar-refractivity contribution in [3.8, 4) is 17.0 Å². The molecular weight excluding hydrogens is 477 g/mol. The Morgan fingerprint density at radius 2 is 1.91 bits per heavy atom. The fraction of sp³-hybridized carbons (Fsp3) is 0.211. The van der Waals surface area contributed by atoms with Gasteiger partial charge in [-0.2, -0.15) is 13.2 Å². The Morgan fingerprint density at radius 1 is 1.28 bits per heavy atom. The van der Waals surface area contributed by atoms with Gasteiger partial charge in [0.1, 0.15) is 22.6 Å². The van der Waals surface area contributed by atoms with Gasteiger partial charge in [0, 0.05) is 16.3 Å². The lowest BCUT2D eigenvalue weighted by Crippen LogP contribution is -2.33. The molecule has 0 unspecified atom stereocenters. The summed E-state index contributed by atoms with van der Waals surface area (Å²) < 4.78 is 59.1. The smallest absolute Gasteiger partial charge is 0.425 e. The van der Waals surface area contributed by atoms with E-state index in [-0.39, 0.29) is 33.5 Å². The highest BCUT2D eigenvalue weighted by Crippen LogP contribution is 2.34. The van der Waals surface area contributed by atoms with Crippen molar-refractivity contribution >= 4 is 40.1 Å². The van der Waals surface area contributed by atoms with Gasteiger partial charge in [-0.1, -0.05) is 23.2 Å². The van der Waals surface area contributed by atoms with Crippen LogP contribution in [0, 0.1) is 11.2 Å². The van der Waals surface area contributed by atoms with Crippen LogP contribution in [0.3, 0.4) is 0 Å². The maximum atomic E-state index is 14.9. The average molecular weight is 494 g/mol. The number of hydrogen-bond acceptors (Lipinski definition) is 6. The summed E-state index contributed by atoms with van der Waals surface area (Å²) in [5.41, 5.74) is 9.79. The molecule has 1 amide bonds. The van der Waals surface area contributed by atoms with E-state index in [0.717, 1.165) is 6.07 Å². The van der Waals surface area contributed by atoms with Crippen LogP contribution >= 0.6 is 23.2 Å². The molecule has 0 saturated heterocycles. The van der Waals surface area contributed by atoms with Crippen molar-refractivity contribution in [2.24, 2.45) is 5.73 Å². The fourth-order valence-electron chi connectivity index (χ4n) is 2.44. The molecule has 0 radical (unpaired) electrons. The molecule has 1 aromatic heterocycles. The number of carbonyl (C=O) groups is 1. The van der Waals surface area contributed by atoms with E-state index in [2.05, 4.69) is 10.3 Å². The third kappa shape index (κ3) is 6.01. The molecule has 1 aromatic carbocycles. The van der Waals surface area contributed by atoms with Crippen LogP contribution in [0.2, 0.25) is 5.02 Å². The molecule has 13 heteroatoms. The number of amides is 1. The number of alkyl halides is 3. The van der Waals surface area contributed by atoms with E-state index in [1.54, 1.807) is 0 Å². The summed E-state index contributed by atoms with van der Waals surface area (Å²) >= 11 is 11.5. The molecule has 1 atom stereocenters. The molecule has 0 fully saturated rings. The monoisotopic (exact) mass is 493 g/mol. The van der Waals surface area contributed by atoms with E-state index < -0.39 is 40.5 Å². The number of pyridine rings is 1. The fourth-order valence-corrected chi connectivity index (χ4v) is 2.86. The Morgan fingerprint density at radius 3 is 2.41 bits per heavy atom. The van der Waals surface area contributed by atoms with Gasteiger partial charge in [0.25, 0.3) is 5.91 Å². The van der Waals surface area contributed by atoms with Crippen LogP contribution in [0.25, 0.3) is 11.3 Å². The van der Waals surface area contributed by atoms with Gasteiger partial charge in [0.15, 0.2) is 6.10 Å². The van der Waals surface area contributed by atoms with Crippen molar-refractivity contribution in [1.29, 1.82) is 5.41 Å². The SMILES string of the molecule is C/C(N)=C(\NC(=O)c1cc(F)c(-c2cc(Cl)cc(N)n2)cc1O[C@@H](C)C(F)(F)F)C(=N)Cl. The molecule has 0 aliphatic rings. The van der Waals surface area contributed by atoms with Crippen LogP contribution in [-0.4, -0.2) is 28.3 Å². The van der Waals surface area contributed by atoms with Gasteiger partial charge < -0.3 is 21.5 Å². The normalized spacial score (nSPS) is 13.2. The molecule has 0 aliphatic heterocycles. The number of aromatic nitrogens is 1. The van der Waals surface area contributed by atoms with Crippen molar-refractivity contribution in [3.05, 3.63) is 52.1 Å². The van der Waals surface area contributed by atoms with Crippen LogP contribution in [-0.2, 0) is 0 Å². The third-order valence-electron chi connectivity index (χ3n) is 4.02. The Balaban J connectivity index is 2.64. The molecule has 2 rings (SSSR count). The molecule has 0 bridgehead atoms. The minimum absolute atomic E-state index is 0.0554. The van der Waals surface area contributed by atoms with Crippen molar-refractivity contribution in [2.45, 2.75) is 26.1 Å². The Labute approximate surface area is 189 Å². The summed E-state index contributed by atoms with van der Waals surface area (Å²) in [7, 11) is 0. The molecular formula is C19H17Cl2F4N5O2. The zero-order valence-electron chi connectivity index (χ0n) is 16.6. The quantitative estimate of drug-likeness (QED) is 0.345. The van der Waals surface area contributed by atoms with E-state index in [1.807, 2.05) is 0 Å². The van der Waals surface area contributed by atoms with Gasteiger partial charge in [-0.15, -0.1) is 0 Å². The number of nitrogens with zero attached hydrogens (tertiary/aromatic N) is 1. The number of allylic oxidation sites excluding steroid dienone is 2. The predicted molar refractivity (Wildman–Crippen MR) is 113 cm³/mol. The number of rotatable bonds is 6. The number of nitrogens with two attached hydrogens (primary N) is 2. The first-order valence-electron chi connectivity index (χ1n) is 8.73. The zero-order valence-corrected chi connectivity index (χ0v) is 18.1. The van der Waals surface area contributed by atoms with Gasteiger partial charge in [-0.25, -0.2) is 9.37 Å².